The summed E-state index contributed by atoms with van der Waals surface area (Å²) < 4.78 is 5.38. The zero-order chi connectivity index (χ0) is 19.2. The highest BCUT2D eigenvalue weighted by atomic mass is 16.5. The van der Waals surface area contributed by atoms with E-state index in [4.69, 9.17) is 4.74 Å². The summed E-state index contributed by atoms with van der Waals surface area (Å²) in [6.45, 7) is 5.85. The molecule has 0 atom stereocenters. The van der Waals surface area contributed by atoms with Gasteiger partial charge in [-0.15, -0.1) is 0 Å². The van der Waals surface area contributed by atoms with Gasteiger partial charge in [-0.2, -0.15) is 0 Å². The highest BCUT2D eigenvalue weighted by Crippen LogP contribution is 2.20. The van der Waals surface area contributed by atoms with Crippen molar-refractivity contribution in [1.82, 2.24) is 9.97 Å². The molecule has 1 aromatic heterocycles. The van der Waals surface area contributed by atoms with Crippen molar-refractivity contribution in [3.8, 4) is 5.75 Å². The molecule has 0 aliphatic heterocycles. The quantitative estimate of drug-likeness (QED) is 0.404. The number of anilines is 2. The van der Waals surface area contributed by atoms with Crippen LogP contribution < -0.4 is 10.1 Å². The van der Waals surface area contributed by atoms with E-state index in [0.717, 1.165) is 22.6 Å². The number of rotatable bonds is 5. The first-order valence-corrected chi connectivity index (χ1v) is 8.64. The largest absolute Gasteiger partial charge is 0.423 e. The number of aryl methyl sites for hydroxylation is 3. The van der Waals surface area contributed by atoms with Crippen molar-refractivity contribution in [1.29, 1.82) is 0 Å². The number of carbonyl (C=O) groups excluding carboxylic acids is 1. The lowest BCUT2D eigenvalue weighted by Gasteiger charge is -2.08. The van der Waals surface area contributed by atoms with E-state index >= 15 is 0 Å². The Labute approximate surface area is 158 Å². The van der Waals surface area contributed by atoms with E-state index in [0.29, 0.717) is 11.7 Å². The second-order valence-electron chi connectivity index (χ2n) is 6.29. The van der Waals surface area contributed by atoms with Gasteiger partial charge in [-0.1, -0.05) is 35.9 Å². The molecule has 5 heteroatoms. The Hall–Kier alpha value is -3.47. The molecule has 1 N–H and O–H groups in total. The standard InChI is InChI=1S/C22H21N3O2/c1-15-7-9-18(10-8-15)11-12-21(26)27-20-6-4-5-19(14-20)25-22-23-16(2)13-17(3)24-22/h4-14H,1-3H3,(H,23,24,25)/b12-11+. The number of nitrogens with zero attached hydrogens (tertiary/aromatic N) is 2. The highest BCUT2D eigenvalue weighted by molar-refractivity contribution is 5.88. The molecule has 3 aromatic rings. The Morgan fingerprint density at radius 3 is 2.37 bits per heavy atom. The minimum Gasteiger partial charge on any atom is -0.423 e. The maximum Gasteiger partial charge on any atom is 0.336 e. The molecule has 0 saturated carbocycles. The maximum atomic E-state index is 12.1. The molecule has 0 aliphatic rings. The van der Waals surface area contributed by atoms with Crippen molar-refractivity contribution >= 4 is 23.7 Å². The van der Waals surface area contributed by atoms with E-state index in [1.165, 1.54) is 11.6 Å². The van der Waals surface area contributed by atoms with Crippen molar-refractivity contribution in [3.05, 3.63) is 83.2 Å². The third-order valence-electron chi connectivity index (χ3n) is 3.78. The summed E-state index contributed by atoms with van der Waals surface area (Å²) in [5, 5.41) is 3.13. The first-order chi connectivity index (χ1) is 13.0. The fraction of sp³-hybridized carbons (Fsp3) is 0.136. The Kier molecular flexibility index (Phi) is 5.61. The van der Waals surface area contributed by atoms with Gasteiger partial charge in [-0.25, -0.2) is 14.8 Å². The summed E-state index contributed by atoms with van der Waals surface area (Å²) in [4.78, 5) is 20.8. The third-order valence-corrected chi connectivity index (χ3v) is 3.78. The SMILES string of the molecule is Cc1ccc(/C=C/C(=O)Oc2cccc(Nc3nc(C)cc(C)n3)c2)cc1. The topological polar surface area (TPSA) is 64.1 Å². The van der Waals surface area contributed by atoms with Crippen LogP contribution in [0.1, 0.15) is 22.5 Å². The molecule has 136 valence electrons. The lowest BCUT2D eigenvalue weighted by atomic mass is 10.1. The molecular formula is C22H21N3O2. The molecule has 3 rings (SSSR count). The van der Waals surface area contributed by atoms with E-state index in [-0.39, 0.29) is 0 Å². The van der Waals surface area contributed by atoms with Gasteiger partial charge < -0.3 is 10.1 Å². The first-order valence-electron chi connectivity index (χ1n) is 8.64. The van der Waals surface area contributed by atoms with Gasteiger partial charge in [0.2, 0.25) is 5.95 Å². The zero-order valence-corrected chi connectivity index (χ0v) is 15.6. The average Bonchev–Trinajstić information content (AvgIpc) is 2.61. The van der Waals surface area contributed by atoms with Crippen LogP contribution in [0.15, 0.2) is 60.7 Å². The fourth-order valence-corrected chi connectivity index (χ4v) is 2.54. The number of hydrogen-bond donors (Lipinski definition) is 1. The number of esters is 1. The van der Waals surface area contributed by atoms with Crippen LogP contribution in [0.2, 0.25) is 0 Å². The summed E-state index contributed by atoms with van der Waals surface area (Å²) in [6.07, 6.45) is 3.14. The number of nitrogens with one attached hydrogen (secondary N) is 1. The van der Waals surface area contributed by atoms with Crippen LogP contribution in [-0.2, 0) is 4.79 Å². The van der Waals surface area contributed by atoms with E-state index in [9.17, 15) is 4.79 Å². The predicted molar refractivity (Wildman–Crippen MR) is 107 cm³/mol. The number of hydrogen-bond acceptors (Lipinski definition) is 5. The number of aromatic nitrogens is 2. The normalized spacial score (nSPS) is 10.8. The van der Waals surface area contributed by atoms with Crippen LogP contribution in [0.4, 0.5) is 11.6 Å². The maximum absolute atomic E-state index is 12.1. The summed E-state index contributed by atoms with van der Waals surface area (Å²) in [5.41, 5.74) is 4.63. The molecule has 2 aromatic carbocycles. The van der Waals surface area contributed by atoms with Crippen LogP contribution in [-0.4, -0.2) is 15.9 Å². The molecule has 0 radical (unpaired) electrons. The van der Waals surface area contributed by atoms with Gasteiger partial charge in [-0.3, -0.25) is 0 Å². The second-order valence-corrected chi connectivity index (χ2v) is 6.29. The molecule has 0 spiro atoms. The van der Waals surface area contributed by atoms with Crippen molar-refractivity contribution in [2.24, 2.45) is 0 Å². The molecule has 27 heavy (non-hydrogen) atoms. The summed E-state index contributed by atoms with van der Waals surface area (Å²) in [7, 11) is 0. The van der Waals surface area contributed by atoms with Crippen LogP contribution >= 0.6 is 0 Å². The second kappa shape index (κ2) is 8.27. The van der Waals surface area contributed by atoms with Crippen LogP contribution in [0.25, 0.3) is 6.08 Å². The minimum absolute atomic E-state index is 0.435. The van der Waals surface area contributed by atoms with Crippen molar-refractivity contribution in [3.63, 3.8) is 0 Å². The number of benzene rings is 2. The molecule has 0 bridgehead atoms. The van der Waals surface area contributed by atoms with Crippen LogP contribution in [0.3, 0.4) is 0 Å². The minimum atomic E-state index is -0.435. The fourth-order valence-electron chi connectivity index (χ4n) is 2.54. The molecule has 1 heterocycles. The van der Waals surface area contributed by atoms with Crippen molar-refractivity contribution in [2.45, 2.75) is 20.8 Å². The van der Waals surface area contributed by atoms with Crippen LogP contribution in [0.5, 0.6) is 5.75 Å². The van der Waals surface area contributed by atoms with E-state index < -0.39 is 5.97 Å². The van der Waals surface area contributed by atoms with Gasteiger partial charge in [0.25, 0.3) is 0 Å². The summed E-state index contributed by atoms with van der Waals surface area (Å²) in [6, 6.07) is 16.9. The molecular weight excluding hydrogens is 338 g/mol. The Morgan fingerprint density at radius 1 is 0.963 bits per heavy atom. The lowest BCUT2D eigenvalue weighted by Crippen LogP contribution is -2.04. The van der Waals surface area contributed by atoms with Crippen LogP contribution in [0, 0.1) is 20.8 Å². The number of carbonyl (C=O) groups is 1. The predicted octanol–water partition coefficient (Wildman–Crippen LogP) is 4.76. The van der Waals surface area contributed by atoms with E-state index in [1.807, 2.05) is 57.2 Å². The third kappa shape index (κ3) is 5.51. The smallest absolute Gasteiger partial charge is 0.336 e. The highest BCUT2D eigenvalue weighted by Gasteiger charge is 2.04. The Bertz CT molecular complexity index is 959. The number of ether oxygens (including phenoxy) is 1. The van der Waals surface area contributed by atoms with Crippen molar-refractivity contribution < 1.29 is 9.53 Å². The monoisotopic (exact) mass is 359 g/mol. The Morgan fingerprint density at radius 2 is 1.67 bits per heavy atom. The molecule has 0 aliphatic carbocycles. The van der Waals surface area contributed by atoms with Gasteiger partial charge in [0.15, 0.2) is 0 Å². The molecule has 0 unspecified atom stereocenters. The van der Waals surface area contributed by atoms with Gasteiger partial charge in [0, 0.05) is 29.2 Å². The van der Waals surface area contributed by atoms with E-state index in [1.54, 1.807) is 24.3 Å². The molecule has 5 nitrogen and oxygen atoms in total. The first kappa shape index (κ1) is 18.3. The zero-order valence-electron chi connectivity index (χ0n) is 15.6. The Balaban J connectivity index is 1.66. The summed E-state index contributed by atoms with van der Waals surface area (Å²) >= 11 is 0. The van der Waals surface area contributed by atoms with E-state index in [2.05, 4.69) is 15.3 Å². The van der Waals surface area contributed by atoms with Crippen molar-refractivity contribution in [2.75, 3.05) is 5.32 Å². The van der Waals surface area contributed by atoms with Gasteiger partial charge in [-0.05, 0) is 50.6 Å². The summed E-state index contributed by atoms with van der Waals surface area (Å²) in [5.74, 6) is 0.522. The van der Waals surface area contributed by atoms with Gasteiger partial charge >= 0.3 is 5.97 Å². The molecule has 0 amide bonds. The lowest BCUT2D eigenvalue weighted by molar-refractivity contribution is -0.128. The molecule has 0 fully saturated rings. The average molecular weight is 359 g/mol. The molecule has 0 saturated heterocycles. The van der Waals surface area contributed by atoms with Gasteiger partial charge in [0.05, 0.1) is 0 Å². The van der Waals surface area contributed by atoms with Gasteiger partial charge in [0.1, 0.15) is 5.75 Å².